The number of carbonyl (C=O) groups excluding carboxylic acids is 2. The predicted octanol–water partition coefficient (Wildman–Crippen LogP) is 1.73. The molecule has 0 saturated heterocycles. The number of rotatable bonds is 5. The molecule has 0 radical (unpaired) electrons. The van der Waals surface area contributed by atoms with E-state index in [0.29, 0.717) is 12.8 Å². The van der Waals surface area contributed by atoms with E-state index in [1.807, 2.05) is 0 Å². The van der Waals surface area contributed by atoms with Gasteiger partial charge in [-0.1, -0.05) is 6.42 Å². The summed E-state index contributed by atoms with van der Waals surface area (Å²) in [7, 11) is 0. The van der Waals surface area contributed by atoms with E-state index in [1.165, 1.54) is 6.92 Å². The van der Waals surface area contributed by atoms with Crippen LogP contribution < -0.4 is 0 Å². The van der Waals surface area contributed by atoms with E-state index in [4.69, 9.17) is 4.74 Å². The molecular formula is C12H19NO5. The number of Topliss-reactive ketones (excluding diaryl/α,β-unsaturated/α-hetero) is 1. The lowest BCUT2D eigenvalue weighted by Crippen LogP contribution is -2.46. The summed E-state index contributed by atoms with van der Waals surface area (Å²) in [6.45, 7) is 3.26. The van der Waals surface area contributed by atoms with Crippen LogP contribution in [0.5, 0.6) is 0 Å². The van der Waals surface area contributed by atoms with Crippen molar-refractivity contribution in [2.24, 2.45) is 5.41 Å². The first kappa shape index (κ1) is 14.6. The topological polar surface area (TPSA) is 86.5 Å². The highest BCUT2D eigenvalue weighted by Gasteiger charge is 2.50. The van der Waals surface area contributed by atoms with Gasteiger partial charge in [-0.05, 0) is 19.8 Å². The third-order valence-electron chi connectivity index (χ3n) is 3.46. The molecule has 1 rings (SSSR count). The maximum atomic E-state index is 12.1. The van der Waals surface area contributed by atoms with Crippen molar-refractivity contribution < 1.29 is 19.2 Å². The monoisotopic (exact) mass is 257 g/mol. The highest BCUT2D eigenvalue weighted by Crippen LogP contribution is 2.39. The molecule has 0 amide bonds. The summed E-state index contributed by atoms with van der Waals surface area (Å²) in [6, 6.07) is -0.920. The first-order valence-corrected chi connectivity index (χ1v) is 6.28. The molecule has 1 aliphatic carbocycles. The van der Waals surface area contributed by atoms with E-state index in [2.05, 4.69) is 0 Å². The Morgan fingerprint density at radius 3 is 2.72 bits per heavy atom. The fourth-order valence-corrected chi connectivity index (χ4v) is 2.45. The molecule has 2 unspecified atom stereocenters. The van der Waals surface area contributed by atoms with Gasteiger partial charge in [-0.15, -0.1) is 0 Å². The van der Waals surface area contributed by atoms with E-state index in [1.54, 1.807) is 6.92 Å². The van der Waals surface area contributed by atoms with Crippen LogP contribution in [0.3, 0.4) is 0 Å². The van der Waals surface area contributed by atoms with Gasteiger partial charge in [0.1, 0.15) is 11.2 Å². The second-order valence-electron chi connectivity index (χ2n) is 4.77. The lowest BCUT2D eigenvalue weighted by Gasteiger charge is -2.33. The molecule has 0 spiro atoms. The van der Waals surface area contributed by atoms with E-state index in [9.17, 15) is 19.7 Å². The SMILES string of the molecule is CCOC(=O)C1(CC(C)[N+](=O)[O-])CCCCC1=O. The lowest BCUT2D eigenvalue weighted by atomic mass is 9.69. The smallest absolute Gasteiger partial charge is 0.319 e. The van der Waals surface area contributed by atoms with Crippen LogP contribution in [0.2, 0.25) is 0 Å². The van der Waals surface area contributed by atoms with Crippen molar-refractivity contribution in [3.63, 3.8) is 0 Å². The molecule has 0 bridgehead atoms. The molecule has 1 aliphatic rings. The molecule has 0 heterocycles. The highest BCUT2D eigenvalue weighted by atomic mass is 16.6. The molecule has 102 valence electrons. The number of ketones is 1. The molecule has 18 heavy (non-hydrogen) atoms. The van der Waals surface area contributed by atoms with Crippen LogP contribution >= 0.6 is 0 Å². The zero-order chi connectivity index (χ0) is 13.8. The number of hydrogen-bond acceptors (Lipinski definition) is 5. The lowest BCUT2D eigenvalue weighted by molar-refractivity contribution is -0.520. The Morgan fingerprint density at radius 1 is 1.56 bits per heavy atom. The molecule has 6 nitrogen and oxygen atoms in total. The van der Waals surface area contributed by atoms with Crippen LogP contribution in [0.4, 0.5) is 0 Å². The minimum atomic E-state index is -1.29. The summed E-state index contributed by atoms with van der Waals surface area (Å²) < 4.78 is 4.95. The number of nitro groups is 1. The Labute approximate surface area is 106 Å². The van der Waals surface area contributed by atoms with Gasteiger partial charge in [-0.3, -0.25) is 19.7 Å². The van der Waals surface area contributed by atoms with Crippen molar-refractivity contribution in [3.05, 3.63) is 10.1 Å². The van der Waals surface area contributed by atoms with Gasteiger partial charge in [0, 0.05) is 24.7 Å². The molecule has 0 aromatic carbocycles. The largest absolute Gasteiger partial charge is 0.465 e. The van der Waals surface area contributed by atoms with E-state index in [-0.39, 0.29) is 18.8 Å². The van der Waals surface area contributed by atoms with E-state index < -0.39 is 22.3 Å². The van der Waals surface area contributed by atoms with Crippen LogP contribution in [0.25, 0.3) is 0 Å². The zero-order valence-electron chi connectivity index (χ0n) is 10.8. The average molecular weight is 257 g/mol. The van der Waals surface area contributed by atoms with Crippen molar-refractivity contribution >= 4 is 11.8 Å². The van der Waals surface area contributed by atoms with Gasteiger partial charge in [0.05, 0.1) is 6.61 Å². The van der Waals surface area contributed by atoms with Gasteiger partial charge in [0.25, 0.3) is 0 Å². The minimum absolute atomic E-state index is 0.0579. The summed E-state index contributed by atoms with van der Waals surface area (Å²) in [5.41, 5.74) is -1.29. The average Bonchev–Trinajstić information content (AvgIpc) is 2.32. The van der Waals surface area contributed by atoms with Crippen molar-refractivity contribution in [1.82, 2.24) is 0 Å². The quantitative estimate of drug-likeness (QED) is 0.324. The first-order chi connectivity index (χ1) is 8.44. The molecular weight excluding hydrogens is 238 g/mol. The van der Waals surface area contributed by atoms with Gasteiger partial charge in [0.15, 0.2) is 0 Å². The number of nitrogens with zero attached hydrogens (tertiary/aromatic N) is 1. The third kappa shape index (κ3) is 2.86. The molecule has 0 aliphatic heterocycles. The van der Waals surface area contributed by atoms with Crippen LogP contribution in [0.15, 0.2) is 0 Å². The molecule has 1 fully saturated rings. The summed E-state index contributed by atoms with van der Waals surface area (Å²) in [5, 5.41) is 10.7. The standard InChI is InChI=1S/C12H19NO5/c1-3-18-11(15)12(8-9(2)13(16)17)7-5-4-6-10(12)14/h9H,3-8H2,1-2H3. The normalized spacial score (nSPS) is 25.6. The van der Waals surface area contributed by atoms with Crippen molar-refractivity contribution in [2.75, 3.05) is 6.61 Å². The van der Waals surface area contributed by atoms with Crippen LogP contribution in [0, 0.1) is 15.5 Å². The molecule has 0 aromatic rings. The first-order valence-electron chi connectivity index (χ1n) is 6.28. The minimum Gasteiger partial charge on any atom is -0.465 e. The molecule has 1 saturated carbocycles. The van der Waals surface area contributed by atoms with Gasteiger partial charge >= 0.3 is 5.97 Å². The Balaban J connectivity index is 2.96. The van der Waals surface area contributed by atoms with Gasteiger partial charge in [-0.2, -0.15) is 0 Å². The van der Waals surface area contributed by atoms with Gasteiger partial charge in [-0.25, -0.2) is 0 Å². The maximum Gasteiger partial charge on any atom is 0.319 e. The number of hydrogen-bond donors (Lipinski definition) is 0. The molecule has 6 heteroatoms. The second kappa shape index (κ2) is 5.93. The number of carbonyl (C=O) groups is 2. The summed E-state index contributed by atoms with van der Waals surface area (Å²) in [5.74, 6) is -0.802. The van der Waals surface area contributed by atoms with Crippen LogP contribution in [-0.4, -0.2) is 29.3 Å². The van der Waals surface area contributed by atoms with Crippen LogP contribution in [-0.2, 0) is 14.3 Å². The summed E-state index contributed by atoms with van der Waals surface area (Å²) in [6.07, 6.45) is 2.09. The van der Waals surface area contributed by atoms with E-state index in [0.717, 1.165) is 12.8 Å². The highest BCUT2D eigenvalue weighted by molar-refractivity contribution is 6.04. The predicted molar refractivity (Wildman–Crippen MR) is 63.6 cm³/mol. The Hall–Kier alpha value is -1.46. The van der Waals surface area contributed by atoms with E-state index >= 15 is 0 Å². The summed E-state index contributed by atoms with van der Waals surface area (Å²) in [4.78, 5) is 34.4. The van der Waals surface area contributed by atoms with Crippen molar-refractivity contribution in [2.45, 2.75) is 52.0 Å². The van der Waals surface area contributed by atoms with Gasteiger partial charge < -0.3 is 4.74 Å². The zero-order valence-corrected chi connectivity index (χ0v) is 10.8. The summed E-state index contributed by atoms with van der Waals surface area (Å²) >= 11 is 0. The maximum absolute atomic E-state index is 12.1. The van der Waals surface area contributed by atoms with Gasteiger partial charge in [0.2, 0.25) is 6.04 Å². The Kier molecular flexibility index (Phi) is 4.81. The second-order valence-corrected chi connectivity index (χ2v) is 4.77. The molecule has 2 atom stereocenters. The van der Waals surface area contributed by atoms with Crippen molar-refractivity contribution in [1.29, 1.82) is 0 Å². The number of ether oxygens (including phenoxy) is 1. The van der Waals surface area contributed by atoms with Crippen molar-refractivity contribution in [3.8, 4) is 0 Å². The fourth-order valence-electron chi connectivity index (χ4n) is 2.45. The fraction of sp³-hybridized carbons (Fsp3) is 0.833. The molecule has 0 aromatic heterocycles. The Bertz CT molecular complexity index is 354. The van der Waals surface area contributed by atoms with Crippen LogP contribution in [0.1, 0.15) is 46.0 Å². The third-order valence-corrected chi connectivity index (χ3v) is 3.46. The number of esters is 1. The Morgan fingerprint density at radius 2 is 2.22 bits per heavy atom. The molecule has 0 N–H and O–H groups in total.